The number of carbonyl (C=O) groups excluding carboxylic acids is 1. The van der Waals surface area contributed by atoms with E-state index >= 15 is 0 Å². The highest BCUT2D eigenvalue weighted by Crippen LogP contribution is 2.37. The number of amides is 1. The van der Waals surface area contributed by atoms with Crippen LogP contribution in [0.4, 0.5) is 0 Å². The van der Waals surface area contributed by atoms with Crippen LogP contribution in [0, 0.1) is 5.92 Å². The van der Waals surface area contributed by atoms with Crippen LogP contribution in [0.2, 0.25) is 5.02 Å². The number of aromatic nitrogens is 3. The maximum atomic E-state index is 11.8. The van der Waals surface area contributed by atoms with Gasteiger partial charge in [0, 0.05) is 51.5 Å². The molecule has 1 aromatic carbocycles. The van der Waals surface area contributed by atoms with Crippen molar-refractivity contribution in [2.24, 2.45) is 5.92 Å². The highest BCUT2D eigenvalue weighted by atomic mass is 35.5. The molecule has 1 amide bonds. The molecule has 0 saturated heterocycles. The van der Waals surface area contributed by atoms with E-state index in [2.05, 4.69) is 25.0 Å². The summed E-state index contributed by atoms with van der Waals surface area (Å²) in [4.78, 5) is 14.1. The SMILES string of the molecule is COc1ccc(CN2CCc3nnc(CCNC(=O)C(C)C)n3CC2)c(Cl)c1OC. The average molecular weight is 436 g/mol. The molecule has 8 nitrogen and oxygen atoms in total. The van der Waals surface area contributed by atoms with Crippen LogP contribution in [-0.2, 0) is 30.7 Å². The molecule has 1 aliphatic rings. The topological polar surface area (TPSA) is 81.5 Å². The van der Waals surface area contributed by atoms with Crippen molar-refractivity contribution in [3.63, 3.8) is 0 Å². The largest absolute Gasteiger partial charge is 0.493 e. The van der Waals surface area contributed by atoms with Gasteiger partial charge in [-0.05, 0) is 11.6 Å². The van der Waals surface area contributed by atoms with Gasteiger partial charge in [-0.25, -0.2) is 0 Å². The molecule has 1 aliphatic heterocycles. The number of benzene rings is 1. The molecule has 0 radical (unpaired) electrons. The number of nitrogens with one attached hydrogen (secondary N) is 1. The Hall–Kier alpha value is -2.32. The Morgan fingerprint density at radius 1 is 1.20 bits per heavy atom. The summed E-state index contributed by atoms with van der Waals surface area (Å²) < 4.78 is 12.9. The van der Waals surface area contributed by atoms with E-state index in [1.54, 1.807) is 14.2 Å². The molecule has 2 heterocycles. The monoisotopic (exact) mass is 435 g/mol. The van der Waals surface area contributed by atoms with E-state index in [-0.39, 0.29) is 11.8 Å². The van der Waals surface area contributed by atoms with Gasteiger partial charge in [-0.1, -0.05) is 31.5 Å². The van der Waals surface area contributed by atoms with Crippen molar-refractivity contribution in [3.8, 4) is 11.5 Å². The van der Waals surface area contributed by atoms with Crippen LogP contribution in [-0.4, -0.2) is 59.4 Å². The second-order valence-electron chi connectivity index (χ2n) is 7.68. The average Bonchev–Trinajstić information content (AvgIpc) is 3.00. The van der Waals surface area contributed by atoms with Crippen molar-refractivity contribution in [2.45, 2.75) is 39.8 Å². The fourth-order valence-corrected chi connectivity index (χ4v) is 3.86. The molecule has 0 saturated carbocycles. The third-order valence-corrected chi connectivity index (χ3v) is 5.74. The van der Waals surface area contributed by atoms with E-state index in [1.165, 1.54) is 0 Å². The molecule has 3 rings (SSSR count). The van der Waals surface area contributed by atoms with Gasteiger partial charge in [-0.15, -0.1) is 10.2 Å². The van der Waals surface area contributed by atoms with Crippen molar-refractivity contribution in [1.29, 1.82) is 0 Å². The minimum atomic E-state index is -0.0162. The van der Waals surface area contributed by atoms with Crippen molar-refractivity contribution in [3.05, 3.63) is 34.4 Å². The van der Waals surface area contributed by atoms with Crippen LogP contribution in [0.3, 0.4) is 0 Å². The van der Waals surface area contributed by atoms with Crippen LogP contribution in [0.5, 0.6) is 11.5 Å². The van der Waals surface area contributed by atoms with Gasteiger partial charge in [-0.2, -0.15) is 0 Å². The fourth-order valence-electron chi connectivity index (χ4n) is 3.56. The Morgan fingerprint density at radius 2 is 2.00 bits per heavy atom. The van der Waals surface area contributed by atoms with Crippen LogP contribution < -0.4 is 14.8 Å². The lowest BCUT2D eigenvalue weighted by atomic mass is 10.1. The van der Waals surface area contributed by atoms with Gasteiger partial charge in [0.05, 0.1) is 19.2 Å². The highest BCUT2D eigenvalue weighted by molar-refractivity contribution is 6.33. The first-order valence-electron chi connectivity index (χ1n) is 10.2. The first-order chi connectivity index (χ1) is 14.4. The van der Waals surface area contributed by atoms with E-state index in [4.69, 9.17) is 21.1 Å². The van der Waals surface area contributed by atoms with Gasteiger partial charge in [0.15, 0.2) is 11.5 Å². The van der Waals surface area contributed by atoms with Gasteiger partial charge < -0.3 is 19.4 Å². The zero-order chi connectivity index (χ0) is 21.7. The second-order valence-corrected chi connectivity index (χ2v) is 8.06. The smallest absolute Gasteiger partial charge is 0.222 e. The van der Waals surface area contributed by atoms with Crippen LogP contribution in [0.1, 0.15) is 31.1 Å². The predicted octanol–water partition coefficient (Wildman–Crippen LogP) is 2.32. The highest BCUT2D eigenvalue weighted by Gasteiger charge is 2.21. The van der Waals surface area contributed by atoms with Gasteiger partial charge in [-0.3, -0.25) is 9.69 Å². The summed E-state index contributed by atoms with van der Waals surface area (Å²) in [6.45, 7) is 7.60. The molecule has 30 heavy (non-hydrogen) atoms. The van der Waals surface area contributed by atoms with Crippen LogP contribution >= 0.6 is 11.6 Å². The molecule has 0 fully saturated rings. The van der Waals surface area contributed by atoms with Crippen molar-refractivity contribution in [1.82, 2.24) is 25.0 Å². The Kier molecular flexibility index (Phi) is 7.55. The fraction of sp³-hybridized carbons (Fsp3) is 0.571. The first-order valence-corrected chi connectivity index (χ1v) is 10.6. The maximum Gasteiger partial charge on any atom is 0.222 e. The summed E-state index contributed by atoms with van der Waals surface area (Å²) in [5.41, 5.74) is 1.00. The molecule has 1 aromatic heterocycles. The number of hydrogen-bond donors (Lipinski definition) is 1. The number of hydrogen-bond acceptors (Lipinski definition) is 6. The summed E-state index contributed by atoms with van der Waals surface area (Å²) in [5.74, 6) is 3.14. The lowest BCUT2D eigenvalue weighted by Gasteiger charge is -2.21. The Bertz CT molecular complexity index is 884. The van der Waals surface area contributed by atoms with E-state index in [0.717, 1.165) is 49.8 Å². The second kappa shape index (κ2) is 10.1. The number of rotatable bonds is 8. The normalized spacial score (nSPS) is 14.3. The minimum Gasteiger partial charge on any atom is -0.493 e. The Balaban J connectivity index is 1.62. The molecule has 0 aliphatic carbocycles. The third kappa shape index (κ3) is 5.05. The molecular weight excluding hydrogens is 406 g/mol. The van der Waals surface area contributed by atoms with Gasteiger partial charge in [0.1, 0.15) is 11.6 Å². The molecule has 0 atom stereocenters. The van der Waals surface area contributed by atoms with Crippen molar-refractivity contribution >= 4 is 17.5 Å². The predicted molar refractivity (Wildman–Crippen MR) is 115 cm³/mol. The third-order valence-electron chi connectivity index (χ3n) is 5.33. The van der Waals surface area contributed by atoms with E-state index in [9.17, 15) is 4.79 Å². The van der Waals surface area contributed by atoms with E-state index in [0.29, 0.717) is 29.5 Å². The van der Waals surface area contributed by atoms with E-state index < -0.39 is 0 Å². The van der Waals surface area contributed by atoms with Crippen molar-refractivity contribution < 1.29 is 14.3 Å². The first kappa shape index (κ1) is 22.4. The molecule has 2 aromatic rings. The summed E-state index contributed by atoms with van der Waals surface area (Å²) in [5, 5.41) is 12.2. The lowest BCUT2D eigenvalue weighted by Crippen LogP contribution is -2.30. The molecular formula is C21H30ClN5O3. The molecule has 1 N–H and O–H groups in total. The lowest BCUT2D eigenvalue weighted by molar-refractivity contribution is -0.123. The number of halogens is 1. The summed E-state index contributed by atoms with van der Waals surface area (Å²) in [6, 6.07) is 3.87. The number of nitrogens with zero attached hydrogens (tertiary/aromatic N) is 4. The van der Waals surface area contributed by atoms with E-state index in [1.807, 2.05) is 26.0 Å². The number of methoxy groups -OCH3 is 2. The van der Waals surface area contributed by atoms with Gasteiger partial charge >= 0.3 is 0 Å². The maximum absolute atomic E-state index is 11.8. The minimum absolute atomic E-state index is 0.0162. The molecule has 0 bridgehead atoms. The summed E-state index contributed by atoms with van der Waals surface area (Å²) in [6.07, 6.45) is 1.49. The quantitative estimate of drug-likeness (QED) is 0.685. The Morgan fingerprint density at radius 3 is 2.70 bits per heavy atom. The van der Waals surface area contributed by atoms with Crippen molar-refractivity contribution in [2.75, 3.05) is 33.9 Å². The standard InChI is InChI=1S/C21H30ClN5O3/c1-14(2)21(28)23-9-7-17-24-25-18-8-10-26(11-12-27(17)18)13-15-5-6-16(29-3)20(30-4)19(15)22/h5-6,14H,7-13H2,1-4H3,(H,23,28). The van der Waals surface area contributed by atoms with Crippen LogP contribution in [0.25, 0.3) is 0 Å². The van der Waals surface area contributed by atoms with Crippen LogP contribution in [0.15, 0.2) is 12.1 Å². The molecule has 9 heteroatoms. The van der Waals surface area contributed by atoms with Gasteiger partial charge in [0.2, 0.25) is 5.91 Å². The molecule has 0 unspecified atom stereocenters. The number of carbonyl (C=O) groups is 1. The molecule has 164 valence electrons. The van der Waals surface area contributed by atoms with Gasteiger partial charge in [0.25, 0.3) is 0 Å². The zero-order valence-electron chi connectivity index (χ0n) is 18.1. The Labute approximate surface area is 182 Å². The summed E-state index contributed by atoms with van der Waals surface area (Å²) in [7, 11) is 3.19. The molecule has 0 spiro atoms. The number of fused-ring (bicyclic) bond motifs is 1. The zero-order valence-corrected chi connectivity index (χ0v) is 18.8. The number of ether oxygens (including phenoxy) is 2. The summed E-state index contributed by atoms with van der Waals surface area (Å²) >= 11 is 6.56.